The average molecular weight is 423 g/mol. The molecule has 0 saturated heterocycles. The number of carbonyl (C=O) groups excluding carboxylic acids is 1. The fourth-order valence-corrected chi connectivity index (χ4v) is 3.93. The Morgan fingerprint density at radius 1 is 1.23 bits per heavy atom. The average Bonchev–Trinajstić information content (AvgIpc) is 3.50. The smallest absolute Gasteiger partial charge is 0.269 e. The molecule has 0 aliphatic heterocycles. The number of rotatable bonds is 8. The van der Waals surface area contributed by atoms with Crippen molar-refractivity contribution < 1.29 is 9.72 Å². The molecule has 30 heavy (non-hydrogen) atoms. The van der Waals surface area contributed by atoms with E-state index in [1.165, 1.54) is 23.9 Å². The minimum Gasteiger partial charge on any atom is -0.325 e. The maximum absolute atomic E-state index is 12.5. The first kappa shape index (κ1) is 20.1. The van der Waals surface area contributed by atoms with Gasteiger partial charge in [-0.15, -0.1) is 10.2 Å². The summed E-state index contributed by atoms with van der Waals surface area (Å²) in [7, 11) is 0. The lowest BCUT2D eigenvalue weighted by atomic mass is 10.2. The number of aryl methyl sites for hydroxylation is 1. The van der Waals surface area contributed by atoms with Gasteiger partial charge in [0.1, 0.15) is 5.82 Å². The number of nitro benzene ring substituents is 1. The number of hydrogen-bond acceptors (Lipinski definition) is 6. The van der Waals surface area contributed by atoms with E-state index in [0.717, 1.165) is 29.4 Å². The fourth-order valence-electron chi connectivity index (χ4n) is 3.18. The zero-order valence-corrected chi connectivity index (χ0v) is 17.3. The molecule has 2 aromatic carbocycles. The Labute approximate surface area is 177 Å². The molecule has 1 heterocycles. The van der Waals surface area contributed by atoms with Gasteiger partial charge in [0, 0.05) is 23.7 Å². The predicted octanol–water partition coefficient (Wildman–Crippen LogP) is 4.15. The Hall–Kier alpha value is -3.20. The van der Waals surface area contributed by atoms with Crippen molar-refractivity contribution >= 4 is 29.0 Å². The van der Waals surface area contributed by atoms with Gasteiger partial charge in [-0.2, -0.15) is 0 Å². The Morgan fingerprint density at radius 2 is 2.00 bits per heavy atom. The summed E-state index contributed by atoms with van der Waals surface area (Å²) < 4.78 is 2.10. The second kappa shape index (κ2) is 8.66. The lowest BCUT2D eigenvalue weighted by Gasteiger charge is -2.11. The molecule has 0 spiro atoms. The third kappa shape index (κ3) is 4.68. The first-order chi connectivity index (χ1) is 14.5. The SMILES string of the molecule is Cc1cc([N+](=O)[O-])ccc1NC(=O)CSc1nnc(C2CC2)n1Cc1ccccc1. The molecular weight excluding hydrogens is 402 g/mol. The molecule has 154 valence electrons. The van der Waals surface area contributed by atoms with E-state index in [1.54, 1.807) is 13.0 Å². The van der Waals surface area contributed by atoms with Crippen LogP contribution in [0.3, 0.4) is 0 Å². The van der Waals surface area contributed by atoms with Gasteiger partial charge in [0.2, 0.25) is 5.91 Å². The molecule has 0 radical (unpaired) electrons. The maximum atomic E-state index is 12.5. The molecule has 1 aromatic heterocycles. The monoisotopic (exact) mass is 423 g/mol. The number of amides is 1. The molecule has 1 amide bonds. The minimum atomic E-state index is -0.453. The Bertz CT molecular complexity index is 1080. The first-order valence-electron chi connectivity index (χ1n) is 9.66. The highest BCUT2D eigenvalue weighted by atomic mass is 32.2. The van der Waals surface area contributed by atoms with E-state index in [-0.39, 0.29) is 17.3 Å². The number of aromatic nitrogens is 3. The summed E-state index contributed by atoms with van der Waals surface area (Å²) in [5.41, 5.74) is 2.37. The second-order valence-corrected chi connectivity index (χ2v) is 8.22. The number of hydrogen-bond donors (Lipinski definition) is 1. The van der Waals surface area contributed by atoms with Crippen LogP contribution < -0.4 is 5.32 Å². The van der Waals surface area contributed by atoms with Gasteiger partial charge in [-0.25, -0.2) is 0 Å². The molecule has 0 bridgehead atoms. The van der Waals surface area contributed by atoms with Crippen LogP contribution in [0.25, 0.3) is 0 Å². The van der Waals surface area contributed by atoms with Crippen LogP contribution in [0.2, 0.25) is 0 Å². The summed E-state index contributed by atoms with van der Waals surface area (Å²) in [6.45, 7) is 2.40. The number of carbonyl (C=O) groups is 1. The second-order valence-electron chi connectivity index (χ2n) is 7.28. The molecule has 1 saturated carbocycles. The van der Waals surface area contributed by atoms with Crippen LogP contribution in [0.4, 0.5) is 11.4 Å². The Balaban J connectivity index is 1.43. The summed E-state index contributed by atoms with van der Waals surface area (Å²) in [5, 5.41) is 23.1. The molecule has 9 heteroatoms. The van der Waals surface area contributed by atoms with Gasteiger partial charge < -0.3 is 9.88 Å². The highest BCUT2D eigenvalue weighted by molar-refractivity contribution is 7.99. The van der Waals surface area contributed by atoms with Gasteiger partial charge in [0.15, 0.2) is 5.16 Å². The van der Waals surface area contributed by atoms with Crippen LogP contribution in [0, 0.1) is 17.0 Å². The number of anilines is 1. The topological polar surface area (TPSA) is 103 Å². The van der Waals surface area contributed by atoms with Crippen molar-refractivity contribution in [1.82, 2.24) is 14.8 Å². The largest absolute Gasteiger partial charge is 0.325 e. The molecule has 0 atom stereocenters. The van der Waals surface area contributed by atoms with Crippen LogP contribution in [-0.2, 0) is 11.3 Å². The van der Waals surface area contributed by atoms with Gasteiger partial charge >= 0.3 is 0 Å². The van der Waals surface area contributed by atoms with E-state index in [9.17, 15) is 14.9 Å². The summed E-state index contributed by atoms with van der Waals surface area (Å²) >= 11 is 1.34. The highest BCUT2D eigenvalue weighted by Crippen LogP contribution is 2.40. The standard InChI is InChI=1S/C21H21N5O3S/c1-14-11-17(26(28)29)9-10-18(14)22-19(27)13-30-21-24-23-20(16-7-8-16)25(21)12-15-5-3-2-4-6-15/h2-6,9-11,16H,7-8,12-13H2,1H3,(H,22,27). The maximum Gasteiger partial charge on any atom is 0.269 e. The van der Waals surface area contributed by atoms with Crippen molar-refractivity contribution in [2.24, 2.45) is 0 Å². The number of thioether (sulfide) groups is 1. The van der Waals surface area contributed by atoms with E-state index < -0.39 is 4.92 Å². The van der Waals surface area contributed by atoms with Crippen molar-refractivity contribution in [3.05, 3.63) is 75.6 Å². The van der Waals surface area contributed by atoms with E-state index in [0.29, 0.717) is 23.7 Å². The van der Waals surface area contributed by atoms with E-state index in [1.807, 2.05) is 18.2 Å². The zero-order valence-electron chi connectivity index (χ0n) is 16.4. The highest BCUT2D eigenvalue weighted by Gasteiger charge is 2.30. The van der Waals surface area contributed by atoms with Crippen LogP contribution in [0.15, 0.2) is 53.7 Å². The van der Waals surface area contributed by atoms with Crippen LogP contribution >= 0.6 is 11.8 Å². The number of non-ortho nitro benzene ring substituents is 1. The number of nitrogens with zero attached hydrogens (tertiary/aromatic N) is 4. The van der Waals surface area contributed by atoms with Crippen molar-refractivity contribution in [1.29, 1.82) is 0 Å². The number of benzene rings is 2. The van der Waals surface area contributed by atoms with Gasteiger partial charge in [0.25, 0.3) is 5.69 Å². The Morgan fingerprint density at radius 3 is 2.67 bits per heavy atom. The van der Waals surface area contributed by atoms with Crippen molar-refractivity contribution in [2.75, 3.05) is 11.1 Å². The predicted molar refractivity (Wildman–Crippen MR) is 115 cm³/mol. The van der Waals surface area contributed by atoms with Crippen LogP contribution in [0.1, 0.15) is 35.7 Å². The van der Waals surface area contributed by atoms with Gasteiger partial charge in [-0.05, 0) is 37.0 Å². The van der Waals surface area contributed by atoms with Crippen LogP contribution in [-0.4, -0.2) is 31.3 Å². The summed E-state index contributed by atoms with van der Waals surface area (Å²) in [6.07, 6.45) is 2.25. The van der Waals surface area contributed by atoms with Gasteiger partial charge in [-0.3, -0.25) is 14.9 Å². The summed E-state index contributed by atoms with van der Waals surface area (Å²) in [6, 6.07) is 14.5. The van der Waals surface area contributed by atoms with E-state index in [2.05, 4.69) is 32.2 Å². The molecule has 4 rings (SSSR count). The lowest BCUT2D eigenvalue weighted by Crippen LogP contribution is -2.15. The van der Waals surface area contributed by atoms with Gasteiger partial charge in [-0.1, -0.05) is 42.1 Å². The molecule has 1 aliphatic rings. The Kier molecular flexibility index (Phi) is 5.80. The number of nitro groups is 1. The third-order valence-electron chi connectivity index (χ3n) is 4.90. The normalized spacial score (nSPS) is 13.2. The summed E-state index contributed by atoms with van der Waals surface area (Å²) in [5.74, 6) is 1.41. The van der Waals surface area contributed by atoms with Gasteiger partial charge in [0.05, 0.1) is 17.2 Å². The van der Waals surface area contributed by atoms with Crippen molar-refractivity contribution in [3.8, 4) is 0 Å². The number of nitrogens with one attached hydrogen (secondary N) is 1. The third-order valence-corrected chi connectivity index (χ3v) is 5.87. The van der Waals surface area contributed by atoms with E-state index in [4.69, 9.17) is 0 Å². The molecule has 1 aliphatic carbocycles. The van der Waals surface area contributed by atoms with E-state index >= 15 is 0 Å². The summed E-state index contributed by atoms with van der Waals surface area (Å²) in [4.78, 5) is 22.9. The molecule has 3 aromatic rings. The molecule has 0 unspecified atom stereocenters. The van der Waals surface area contributed by atoms with Crippen molar-refractivity contribution in [2.45, 2.75) is 37.4 Å². The molecule has 1 N–H and O–H groups in total. The van der Waals surface area contributed by atoms with Crippen molar-refractivity contribution in [3.63, 3.8) is 0 Å². The zero-order chi connectivity index (χ0) is 21.1. The first-order valence-corrected chi connectivity index (χ1v) is 10.6. The lowest BCUT2D eigenvalue weighted by molar-refractivity contribution is -0.384. The molecule has 1 fully saturated rings. The fraction of sp³-hybridized carbons (Fsp3) is 0.286. The van der Waals surface area contributed by atoms with Crippen LogP contribution in [0.5, 0.6) is 0 Å². The minimum absolute atomic E-state index is 0.00138. The molecular formula is C21H21N5O3S. The quantitative estimate of drug-likeness (QED) is 0.332. The molecule has 8 nitrogen and oxygen atoms in total.